The fourth-order valence-electron chi connectivity index (χ4n) is 3.10. The molecule has 1 unspecified atom stereocenters. The highest BCUT2D eigenvalue weighted by Crippen LogP contribution is 2.26. The zero-order valence-electron chi connectivity index (χ0n) is 13.1. The lowest BCUT2D eigenvalue weighted by Gasteiger charge is -2.36. The van der Waals surface area contributed by atoms with E-state index < -0.39 is 0 Å². The van der Waals surface area contributed by atoms with Crippen molar-refractivity contribution in [3.63, 3.8) is 0 Å². The van der Waals surface area contributed by atoms with Crippen LogP contribution < -0.4 is 10.1 Å². The highest BCUT2D eigenvalue weighted by atomic mass is 16.5. The molecule has 0 aromatic heterocycles. The monoisotopic (exact) mass is 287 g/mol. The summed E-state index contributed by atoms with van der Waals surface area (Å²) in [7, 11) is 3.70. The van der Waals surface area contributed by atoms with Crippen molar-refractivity contribution in [1.29, 1.82) is 5.26 Å². The second-order valence-corrected chi connectivity index (χ2v) is 5.65. The Kier molecular flexibility index (Phi) is 6.04. The summed E-state index contributed by atoms with van der Waals surface area (Å²) in [5, 5.41) is 12.3. The molecular formula is C17H25N3O. The van der Waals surface area contributed by atoms with Gasteiger partial charge in [-0.2, -0.15) is 5.26 Å². The van der Waals surface area contributed by atoms with Gasteiger partial charge in [0, 0.05) is 18.2 Å². The summed E-state index contributed by atoms with van der Waals surface area (Å²) >= 11 is 0. The highest BCUT2D eigenvalue weighted by Gasteiger charge is 2.23. The largest absolute Gasteiger partial charge is 0.496 e. The van der Waals surface area contributed by atoms with Gasteiger partial charge in [-0.25, -0.2) is 0 Å². The van der Waals surface area contributed by atoms with Gasteiger partial charge in [-0.05, 0) is 57.6 Å². The summed E-state index contributed by atoms with van der Waals surface area (Å²) in [5.74, 6) is 0.881. The second-order valence-electron chi connectivity index (χ2n) is 5.65. The van der Waals surface area contributed by atoms with Crippen LogP contribution in [0.4, 0.5) is 0 Å². The molecule has 0 aliphatic carbocycles. The van der Waals surface area contributed by atoms with Crippen LogP contribution in [-0.2, 0) is 6.54 Å². The third-order valence-corrected chi connectivity index (χ3v) is 4.26. The van der Waals surface area contributed by atoms with E-state index in [0.29, 0.717) is 11.6 Å². The van der Waals surface area contributed by atoms with E-state index in [1.807, 2.05) is 25.2 Å². The minimum atomic E-state index is 0.627. The maximum absolute atomic E-state index is 9.09. The van der Waals surface area contributed by atoms with E-state index in [2.05, 4.69) is 16.3 Å². The molecule has 1 aliphatic heterocycles. The fraction of sp³-hybridized carbons (Fsp3) is 0.588. The van der Waals surface area contributed by atoms with E-state index in [1.165, 1.54) is 25.7 Å². The molecule has 21 heavy (non-hydrogen) atoms. The summed E-state index contributed by atoms with van der Waals surface area (Å²) in [6.07, 6.45) is 5.02. The molecule has 1 N–H and O–H groups in total. The Balaban J connectivity index is 2.12. The molecule has 1 aromatic carbocycles. The quantitative estimate of drug-likeness (QED) is 0.873. The lowest BCUT2D eigenvalue weighted by Crippen LogP contribution is -2.40. The first kappa shape index (κ1) is 15.8. The van der Waals surface area contributed by atoms with Crippen LogP contribution in [0.1, 0.15) is 36.8 Å². The standard InChI is InChI=1S/C17H25N3O/c1-19-9-8-16-5-3-4-10-20(16)13-15-11-14(12-18)6-7-17(15)21-2/h6-7,11,16,19H,3-5,8-10,13H2,1-2H3. The number of ether oxygens (including phenoxy) is 1. The number of nitriles is 1. The maximum atomic E-state index is 9.09. The van der Waals surface area contributed by atoms with Gasteiger partial charge in [-0.1, -0.05) is 6.42 Å². The van der Waals surface area contributed by atoms with Gasteiger partial charge in [0.15, 0.2) is 0 Å². The molecule has 1 fully saturated rings. The molecular weight excluding hydrogens is 262 g/mol. The number of benzene rings is 1. The Bertz CT molecular complexity index is 495. The first-order valence-electron chi connectivity index (χ1n) is 7.74. The topological polar surface area (TPSA) is 48.3 Å². The first-order chi connectivity index (χ1) is 10.3. The third-order valence-electron chi connectivity index (χ3n) is 4.26. The van der Waals surface area contributed by atoms with Gasteiger partial charge in [0.25, 0.3) is 0 Å². The van der Waals surface area contributed by atoms with E-state index in [-0.39, 0.29) is 0 Å². The number of methoxy groups -OCH3 is 1. The molecule has 1 atom stereocenters. The summed E-state index contributed by atoms with van der Waals surface area (Å²) in [5.41, 5.74) is 1.82. The summed E-state index contributed by atoms with van der Waals surface area (Å²) in [6, 6.07) is 8.52. The molecule has 2 rings (SSSR count). The maximum Gasteiger partial charge on any atom is 0.123 e. The summed E-state index contributed by atoms with van der Waals surface area (Å²) in [6.45, 7) is 3.05. The number of hydrogen-bond donors (Lipinski definition) is 1. The SMILES string of the molecule is CNCCC1CCCCN1Cc1cc(C#N)ccc1OC. The number of nitrogens with zero attached hydrogens (tertiary/aromatic N) is 2. The van der Waals surface area contributed by atoms with Crippen LogP contribution in [0.15, 0.2) is 18.2 Å². The van der Waals surface area contributed by atoms with E-state index in [1.54, 1.807) is 7.11 Å². The molecule has 114 valence electrons. The lowest BCUT2D eigenvalue weighted by atomic mass is 9.98. The van der Waals surface area contributed by atoms with E-state index in [4.69, 9.17) is 10.00 Å². The van der Waals surface area contributed by atoms with Crippen LogP contribution in [0.3, 0.4) is 0 Å². The van der Waals surface area contributed by atoms with Gasteiger partial charge in [0.1, 0.15) is 5.75 Å². The van der Waals surface area contributed by atoms with Crippen molar-refractivity contribution < 1.29 is 4.74 Å². The van der Waals surface area contributed by atoms with Crippen LogP contribution in [0.5, 0.6) is 5.75 Å². The Morgan fingerprint density at radius 2 is 2.29 bits per heavy atom. The molecule has 0 bridgehead atoms. The fourth-order valence-corrected chi connectivity index (χ4v) is 3.10. The van der Waals surface area contributed by atoms with Crippen LogP contribution in [0.2, 0.25) is 0 Å². The smallest absolute Gasteiger partial charge is 0.123 e. The zero-order valence-corrected chi connectivity index (χ0v) is 13.1. The van der Waals surface area contributed by atoms with Crippen molar-refractivity contribution in [2.45, 2.75) is 38.3 Å². The van der Waals surface area contributed by atoms with Gasteiger partial charge < -0.3 is 10.1 Å². The molecule has 1 saturated heterocycles. The predicted molar refractivity (Wildman–Crippen MR) is 84.3 cm³/mol. The van der Waals surface area contributed by atoms with Gasteiger partial charge >= 0.3 is 0 Å². The van der Waals surface area contributed by atoms with Crippen LogP contribution in [0, 0.1) is 11.3 Å². The van der Waals surface area contributed by atoms with E-state index in [9.17, 15) is 0 Å². The van der Waals surface area contributed by atoms with Crippen molar-refractivity contribution in [2.75, 3.05) is 27.2 Å². The molecule has 0 amide bonds. The molecule has 0 spiro atoms. The molecule has 4 heteroatoms. The minimum absolute atomic E-state index is 0.627. The number of likely N-dealkylation sites (tertiary alicyclic amines) is 1. The van der Waals surface area contributed by atoms with Gasteiger partial charge in [0.2, 0.25) is 0 Å². The van der Waals surface area contributed by atoms with Gasteiger partial charge in [-0.3, -0.25) is 4.90 Å². The van der Waals surface area contributed by atoms with Gasteiger partial charge in [-0.15, -0.1) is 0 Å². The molecule has 1 aromatic rings. The molecule has 4 nitrogen and oxygen atoms in total. The Morgan fingerprint density at radius 3 is 3.00 bits per heavy atom. The van der Waals surface area contributed by atoms with Crippen LogP contribution in [0.25, 0.3) is 0 Å². The lowest BCUT2D eigenvalue weighted by molar-refractivity contribution is 0.131. The van der Waals surface area contributed by atoms with E-state index >= 15 is 0 Å². The minimum Gasteiger partial charge on any atom is -0.496 e. The molecule has 0 radical (unpaired) electrons. The highest BCUT2D eigenvalue weighted by molar-refractivity contribution is 5.42. The van der Waals surface area contributed by atoms with Crippen molar-refractivity contribution >= 4 is 0 Å². The summed E-state index contributed by atoms with van der Waals surface area (Å²) in [4.78, 5) is 2.54. The normalized spacial score (nSPS) is 19.2. The average Bonchev–Trinajstić information content (AvgIpc) is 2.54. The Hall–Kier alpha value is -1.57. The number of piperidine rings is 1. The predicted octanol–water partition coefficient (Wildman–Crippen LogP) is 2.53. The number of rotatable bonds is 6. The number of hydrogen-bond acceptors (Lipinski definition) is 4. The Morgan fingerprint density at radius 1 is 1.43 bits per heavy atom. The van der Waals surface area contributed by atoms with Crippen molar-refractivity contribution in [1.82, 2.24) is 10.2 Å². The first-order valence-corrected chi connectivity index (χ1v) is 7.74. The van der Waals surface area contributed by atoms with Crippen LogP contribution in [-0.4, -0.2) is 38.2 Å². The molecule has 1 heterocycles. The van der Waals surface area contributed by atoms with Crippen molar-refractivity contribution in [2.24, 2.45) is 0 Å². The molecule has 0 saturated carbocycles. The van der Waals surface area contributed by atoms with Crippen LogP contribution >= 0.6 is 0 Å². The number of nitrogens with one attached hydrogen (secondary N) is 1. The third kappa shape index (κ3) is 4.20. The average molecular weight is 287 g/mol. The van der Waals surface area contributed by atoms with Gasteiger partial charge in [0.05, 0.1) is 18.7 Å². The second kappa shape index (κ2) is 8.02. The van der Waals surface area contributed by atoms with Crippen molar-refractivity contribution in [3.8, 4) is 11.8 Å². The molecule has 1 aliphatic rings. The summed E-state index contributed by atoms with van der Waals surface area (Å²) < 4.78 is 5.45. The van der Waals surface area contributed by atoms with Crippen molar-refractivity contribution in [3.05, 3.63) is 29.3 Å². The van der Waals surface area contributed by atoms with E-state index in [0.717, 1.165) is 30.9 Å². The zero-order chi connectivity index (χ0) is 15.1. The Labute approximate surface area is 127 Å².